The molecule has 0 aromatic heterocycles. The van der Waals surface area contributed by atoms with Gasteiger partial charge in [-0.25, -0.2) is 5.43 Å². The molecule has 21 heavy (non-hydrogen) atoms. The standard InChI is InChI=1S/C17H15N3O/c1-13-2-4-14(5-3-13)10-17(21)20-19-12-16-8-6-15(11-18)7-9-16/h2-9,12H,10H2,1H3,(H,20,21)/b19-12-. The van der Waals surface area contributed by atoms with E-state index in [1.165, 1.54) is 0 Å². The molecule has 0 aliphatic carbocycles. The Morgan fingerprint density at radius 2 is 1.86 bits per heavy atom. The number of carbonyl (C=O) groups excluding carboxylic acids is 1. The van der Waals surface area contributed by atoms with Gasteiger partial charge in [-0.2, -0.15) is 10.4 Å². The van der Waals surface area contributed by atoms with Crippen molar-refractivity contribution in [3.8, 4) is 6.07 Å². The van der Waals surface area contributed by atoms with E-state index in [9.17, 15) is 4.79 Å². The molecule has 0 heterocycles. The number of hydrogen-bond acceptors (Lipinski definition) is 3. The normalized spacial score (nSPS) is 10.3. The summed E-state index contributed by atoms with van der Waals surface area (Å²) >= 11 is 0. The first-order chi connectivity index (χ1) is 10.2. The molecule has 0 unspecified atom stereocenters. The Balaban J connectivity index is 1.86. The lowest BCUT2D eigenvalue weighted by molar-refractivity contribution is -0.120. The maximum absolute atomic E-state index is 11.7. The number of hydrogen-bond donors (Lipinski definition) is 1. The van der Waals surface area contributed by atoms with Gasteiger partial charge in [0.25, 0.3) is 0 Å². The fraction of sp³-hybridized carbons (Fsp3) is 0.118. The van der Waals surface area contributed by atoms with Gasteiger partial charge in [0, 0.05) is 0 Å². The van der Waals surface area contributed by atoms with Crippen LogP contribution in [-0.2, 0) is 11.2 Å². The minimum absolute atomic E-state index is 0.163. The summed E-state index contributed by atoms with van der Waals surface area (Å²) in [5, 5.41) is 12.6. The van der Waals surface area contributed by atoms with E-state index in [0.717, 1.165) is 16.7 Å². The molecule has 0 spiro atoms. The van der Waals surface area contributed by atoms with Gasteiger partial charge in [0.1, 0.15) is 0 Å². The molecule has 0 aliphatic rings. The quantitative estimate of drug-likeness (QED) is 0.689. The number of nitrogens with one attached hydrogen (secondary N) is 1. The first-order valence-corrected chi connectivity index (χ1v) is 6.55. The molecule has 4 nitrogen and oxygen atoms in total. The van der Waals surface area contributed by atoms with Crippen LogP contribution in [0, 0.1) is 18.3 Å². The second-order valence-electron chi connectivity index (χ2n) is 4.69. The maximum atomic E-state index is 11.7. The Bertz CT molecular complexity index is 679. The predicted molar refractivity (Wildman–Crippen MR) is 81.8 cm³/mol. The van der Waals surface area contributed by atoms with Gasteiger partial charge in [-0.05, 0) is 30.2 Å². The van der Waals surface area contributed by atoms with Crippen molar-refractivity contribution in [3.63, 3.8) is 0 Å². The van der Waals surface area contributed by atoms with Gasteiger partial charge in [0.05, 0.1) is 24.3 Å². The monoisotopic (exact) mass is 277 g/mol. The number of nitriles is 1. The van der Waals surface area contributed by atoms with Crippen LogP contribution in [0.1, 0.15) is 22.3 Å². The van der Waals surface area contributed by atoms with Crippen molar-refractivity contribution in [2.75, 3.05) is 0 Å². The lowest BCUT2D eigenvalue weighted by Gasteiger charge is -2.01. The van der Waals surface area contributed by atoms with Crippen LogP contribution < -0.4 is 5.43 Å². The molecule has 1 amide bonds. The van der Waals surface area contributed by atoms with Gasteiger partial charge in [-0.15, -0.1) is 0 Å². The first kappa shape index (κ1) is 14.5. The number of rotatable bonds is 4. The van der Waals surface area contributed by atoms with Crippen molar-refractivity contribution >= 4 is 12.1 Å². The van der Waals surface area contributed by atoms with Crippen molar-refractivity contribution in [2.45, 2.75) is 13.3 Å². The minimum atomic E-state index is -0.163. The van der Waals surface area contributed by atoms with E-state index in [1.807, 2.05) is 37.3 Å². The van der Waals surface area contributed by atoms with Crippen molar-refractivity contribution in [3.05, 3.63) is 70.8 Å². The van der Waals surface area contributed by atoms with Crippen LogP contribution in [0.3, 0.4) is 0 Å². The van der Waals surface area contributed by atoms with Crippen molar-refractivity contribution in [2.24, 2.45) is 5.10 Å². The number of nitrogens with zero attached hydrogens (tertiary/aromatic N) is 2. The molecule has 0 aliphatic heterocycles. The molecule has 2 aromatic rings. The Hall–Kier alpha value is -2.93. The molecule has 0 atom stereocenters. The lowest BCUT2D eigenvalue weighted by atomic mass is 10.1. The van der Waals surface area contributed by atoms with Crippen LogP contribution in [0.4, 0.5) is 0 Å². The highest BCUT2D eigenvalue weighted by atomic mass is 16.2. The molecule has 1 N–H and O–H groups in total. The molecule has 0 saturated heterocycles. The van der Waals surface area contributed by atoms with E-state index >= 15 is 0 Å². The summed E-state index contributed by atoms with van der Waals surface area (Å²) in [6, 6.07) is 16.8. The molecule has 4 heteroatoms. The third kappa shape index (κ3) is 4.59. The number of aryl methyl sites for hydroxylation is 1. The van der Waals surface area contributed by atoms with E-state index in [1.54, 1.807) is 30.5 Å². The van der Waals surface area contributed by atoms with Crippen LogP contribution in [0.25, 0.3) is 0 Å². The summed E-state index contributed by atoms with van der Waals surface area (Å²) in [6.45, 7) is 2.01. The van der Waals surface area contributed by atoms with E-state index < -0.39 is 0 Å². The van der Waals surface area contributed by atoms with Gasteiger partial charge in [-0.3, -0.25) is 4.79 Å². The van der Waals surface area contributed by atoms with E-state index in [4.69, 9.17) is 5.26 Å². The largest absolute Gasteiger partial charge is 0.273 e. The molecule has 0 fully saturated rings. The topological polar surface area (TPSA) is 65.2 Å². The number of carbonyl (C=O) groups is 1. The summed E-state index contributed by atoms with van der Waals surface area (Å²) in [6.07, 6.45) is 1.85. The maximum Gasteiger partial charge on any atom is 0.244 e. The van der Waals surface area contributed by atoms with Crippen LogP contribution in [-0.4, -0.2) is 12.1 Å². The van der Waals surface area contributed by atoms with E-state index in [0.29, 0.717) is 12.0 Å². The van der Waals surface area contributed by atoms with Gasteiger partial charge in [0.15, 0.2) is 0 Å². The molecule has 0 saturated carbocycles. The Labute approximate surface area is 123 Å². The molecular formula is C17H15N3O. The third-order valence-corrected chi connectivity index (χ3v) is 2.93. The Morgan fingerprint density at radius 3 is 2.48 bits per heavy atom. The first-order valence-electron chi connectivity index (χ1n) is 6.55. The predicted octanol–water partition coefficient (Wildman–Crippen LogP) is 2.56. The van der Waals surface area contributed by atoms with Crippen LogP contribution >= 0.6 is 0 Å². The highest BCUT2D eigenvalue weighted by Gasteiger charge is 2.01. The molecule has 0 radical (unpaired) electrons. The van der Waals surface area contributed by atoms with Gasteiger partial charge < -0.3 is 0 Å². The van der Waals surface area contributed by atoms with Gasteiger partial charge in [-0.1, -0.05) is 42.0 Å². The lowest BCUT2D eigenvalue weighted by Crippen LogP contribution is -2.19. The molecule has 104 valence electrons. The van der Waals surface area contributed by atoms with E-state index in [-0.39, 0.29) is 5.91 Å². The third-order valence-electron chi connectivity index (χ3n) is 2.93. The van der Waals surface area contributed by atoms with Crippen LogP contribution in [0.5, 0.6) is 0 Å². The van der Waals surface area contributed by atoms with Crippen molar-refractivity contribution in [1.82, 2.24) is 5.43 Å². The zero-order valence-corrected chi connectivity index (χ0v) is 11.7. The fourth-order valence-electron chi connectivity index (χ4n) is 1.75. The smallest absolute Gasteiger partial charge is 0.244 e. The second kappa shape index (κ2) is 7.01. The summed E-state index contributed by atoms with van der Waals surface area (Å²) in [7, 11) is 0. The average molecular weight is 277 g/mol. The highest BCUT2D eigenvalue weighted by Crippen LogP contribution is 2.04. The van der Waals surface area contributed by atoms with Crippen LogP contribution in [0.2, 0.25) is 0 Å². The second-order valence-corrected chi connectivity index (χ2v) is 4.69. The molecule has 0 bridgehead atoms. The van der Waals surface area contributed by atoms with Crippen molar-refractivity contribution in [1.29, 1.82) is 5.26 Å². The fourth-order valence-corrected chi connectivity index (χ4v) is 1.75. The van der Waals surface area contributed by atoms with Gasteiger partial charge >= 0.3 is 0 Å². The van der Waals surface area contributed by atoms with Crippen LogP contribution in [0.15, 0.2) is 53.6 Å². The summed E-state index contributed by atoms with van der Waals surface area (Å²) in [4.78, 5) is 11.7. The molecular weight excluding hydrogens is 262 g/mol. The molecule has 2 rings (SSSR count). The summed E-state index contributed by atoms with van der Waals surface area (Å²) < 4.78 is 0. The SMILES string of the molecule is Cc1ccc(CC(=O)N/N=C\c2ccc(C#N)cc2)cc1. The number of hydrazone groups is 1. The zero-order chi connectivity index (χ0) is 15.1. The Kier molecular flexibility index (Phi) is 4.84. The van der Waals surface area contributed by atoms with Gasteiger partial charge in [0.2, 0.25) is 5.91 Å². The number of amides is 1. The van der Waals surface area contributed by atoms with Crippen molar-refractivity contribution < 1.29 is 4.79 Å². The molecule has 2 aromatic carbocycles. The Morgan fingerprint density at radius 1 is 1.19 bits per heavy atom. The zero-order valence-electron chi connectivity index (χ0n) is 11.7. The summed E-state index contributed by atoms with van der Waals surface area (Å²) in [5.41, 5.74) is 6.02. The van der Waals surface area contributed by atoms with E-state index in [2.05, 4.69) is 10.5 Å². The minimum Gasteiger partial charge on any atom is -0.273 e. The highest BCUT2D eigenvalue weighted by molar-refractivity contribution is 5.83. The number of benzene rings is 2. The summed E-state index contributed by atoms with van der Waals surface area (Å²) in [5.74, 6) is -0.163. The average Bonchev–Trinajstić information content (AvgIpc) is 2.50.